The smallest absolute Gasteiger partial charge is 0.323 e. The number of carbonyl (C=O) groups excluding carboxylic acids is 1. The van der Waals surface area contributed by atoms with E-state index in [2.05, 4.69) is 41.5 Å². The molecule has 1 aromatic carbocycles. The molecule has 34 heavy (non-hydrogen) atoms. The van der Waals surface area contributed by atoms with E-state index in [1.807, 2.05) is 52.0 Å². The molecule has 0 radical (unpaired) electrons. The molecule has 0 bridgehead atoms. The Kier molecular flexibility index (Phi) is 6.70. The van der Waals surface area contributed by atoms with Gasteiger partial charge in [-0.15, -0.1) is 0 Å². The third kappa shape index (κ3) is 5.36. The Hall–Kier alpha value is -3.47. The van der Waals surface area contributed by atoms with Crippen LogP contribution in [0, 0.1) is 0 Å². The van der Waals surface area contributed by atoms with Crippen LogP contribution in [0.2, 0.25) is 0 Å². The van der Waals surface area contributed by atoms with E-state index in [1.165, 1.54) is 0 Å². The quantitative estimate of drug-likeness (QED) is 0.368. The average molecular weight is 525 g/mol. The molecule has 3 aromatic heterocycles. The molecule has 1 unspecified atom stereocenters. The second-order valence-corrected chi connectivity index (χ2v) is 9.17. The van der Waals surface area contributed by atoms with Crippen LogP contribution in [0.15, 0.2) is 64.2 Å². The van der Waals surface area contributed by atoms with Crippen LogP contribution in [0.3, 0.4) is 0 Å². The van der Waals surface area contributed by atoms with Crippen molar-refractivity contribution in [2.45, 2.75) is 44.8 Å². The Balaban J connectivity index is 1.16. The topological polar surface area (TPSA) is 107 Å². The number of aromatic nitrogens is 6. The summed E-state index contributed by atoms with van der Waals surface area (Å²) in [4.78, 5) is 23.3. The number of anilines is 1. The van der Waals surface area contributed by atoms with Gasteiger partial charge in [0.15, 0.2) is 11.6 Å². The van der Waals surface area contributed by atoms with Crippen molar-refractivity contribution in [3.8, 4) is 0 Å². The average Bonchev–Trinajstić information content (AvgIpc) is 3.63. The SMILES string of the molecule is O=C(Nc1ccn(CCCn2ccnc2)n1)N1CCCC1c1nc(Cc2ccc(Br)cc2)no1. The zero-order valence-electron chi connectivity index (χ0n) is 18.5. The molecule has 176 valence electrons. The van der Waals surface area contributed by atoms with Gasteiger partial charge in [-0.2, -0.15) is 10.1 Å². The third-order valence-corrected chi connectivity index (χ3v) is 6.33. The highest BCUT2D eigenvalue weighted by Crippen LogP contribution is 2.31. The normalized spacial score (nSPS) is 15.7. The van der Waals surface area contributed by atoms with Crippen LogP contribution in [0.1, 0.15) is 42.6 Å². The fourth-order valence-electron chi connectivity index (χ4n) is 4.09. The van der Waals surface area contributed by atoms with Crippen molar-refractivity contribution in [1.82, 2.24) is 34.4 Å². The second kappa shape index (κ2) is 10.2. The van der Waals surface area contributed by atoms with E-state index in [0.717, 1.165) is 42.4 Å². The maximum atomic E-state index is 13.0. The molecule has 1 N–H and O–H groups in total. The van der Waals surface area contributed by atoms with Crippen molar-refractivity contribution >= 4 is 27.8 Å². The number of amides is 2. The van der Waals surface area contributed by atoms with E-state index in [-0.39, 0.29) is 12.1 Å². The third-order valence-electron chi connectivity index (χ3n) is 5.80. The molecule has 1 aliphatic heterocycles. The van der Waals surface area contributed by atoms with E-state index >= 15 is 0 Å². The molecular weight excluding hydrogens is 500 g/mol. The lowest BCUT2D eigenvalue weighted by atomic mass is 10.1. The lowest BCUT2D eigenvalue weighted by Gasteiger charge is -2.21. The summed E-state index contributed by atoms with van der Waals surface area (Å²) in [6.45, 7) is 2.25. The molecule has 0 spiro atoms. The predicted molar refractivity (Wildman–Crippen MR) is 128 cm³/mol. The van der Waals surface area contributed by atoms with Crippen molar-refractivity contribution in [3.05, 3.63) is 77.0 Å². The zero-order valence-corrected chi connectivity index (χ0v) is 20.1. The van der Waals surface area contributed by atoms with Crippen LogP contribution in [-0.4, -0.2) is 46.9 Å². The van der Waals surface area contributed by atoms with Crippen molar-refractivity contribution < 1.29 is 9.32 Å². The van der Waals surface area contributed by atoms with Gasteiger partial charge in [0.25, 0.3) is 0 Å². The van der Waals surface area contributed by atoms with Crippen LogP contribution in [0.5, 0.6) is 0 Å². The number of hydrogen-bond donors (Lipinski definition) is 1. The molecule has 1 saturated heterocycles. The Bertz CT molecular complexity index is 1220. The number of aryl methyl sites for hydroxylation is 2. The van der Waals surface area contributed by atoms with Crippen LogP contribution >= 0.6 is 15.9 Å². The Morgan fingerprint density at radius 1 is 1.18 bits per heavy atom. The molecule has 0 aliphatic carbocycles. The summed E-state index contributed by atoms with van der Waals surface area (Å²) in [5.74, 6) is 1.61. The molecule has 0 saturated carbocycles. The lowest BCUT2D eigenvalue weighted by molar-refractivity contribution is 0.193. The summed E-state index contributed by atoms with van der Waals surface area (Å²) >= 11 is 3.44. The minimum Gasteiger partial charge on any atom is -0.337 e. The summed E-state index contributed by atoms with van der Waals surface area (Å²) in [7, 11) is 0. The number of halogens is 1. The number of rotatable bonds is 8. The monoisotopic (exact) mass is 524 g/mol. The van der Waals surface area contributed by atoms with Gasteiger partial charge in [-0.05, 0) is 37.0 Å². The molecule has 11 heteroatoms. The largest absolute Gasteiger partial charge is 0.337 e. The van der Waals surface area contributed by atoms with E-state index in [4.69, 9.17) is 4.52 Å². The highest BCUT2D eigenvalue weighted by Gasteiger charge is 2.34. The zero-order chi connectivity index (χ0) is 23.3. The van der Waals surface area contributed by atoms with E-state index in [9.17, 15) is 4.79 Å². The number of urea groups is 1. The summed E-state index contributed by atoms with van der Waals surface area (Å²) in [5.41, 5.74) is 1.09. The highest BCUT2D eigenvalue weighted by molar-refractivity contribution is 9.10. The first-order chi connectivity index (χ1) is 16.6. The highest BCUT2D eigenvalue weighted by atomic mass is 79.9. The van der Waals surface area contributed by atoms with E-state index in [1.54, 1.807) is 17.4 Å². The van der Waals surface area contributed by atoms with Gasteiger partial charge in [-0.1, -0.05) is 33.2 Å². The molecule has 4 heterocycles. The van der Waals surface area contributed by atoms with Gasteiger partial charge in [0.2, 0.25) is 5.89 Å². The second-order valence-electron chi connectivity index (χ2n) is 8.25. The Labute approximate surface area is 205 Å². The Morgan fingerprint density at radius 2 is 2.06 bits per heavy atom. The van der Waals surface area contributed by atoms with Crippen molar-refractivity contribution in [2.75, 3.05) is 11.9 Å². The van der Waals surface area contributed by atoms with E-state index < -0.39 is 0 Å². The first-order valence-corrected chi connectivity index (χ1v) is 12.1. The molecule has 1 aliphatic rings. The first kappa shape index (κ1) is 22.3. The lowest BCUT2D eigenvalue weighted by Crippen LogP contribution is -2.34. The standard InChI is InChI=1S/C23H25BrN8O2/c24-18-6-4-17(5-7-18)15-21-26-22(34-29-21)19-3-1-12-32(19)23(33)27-20-8-13-31(28-20)11-2-10-30-14-9-25-16-30/h4-9,13-14,16,19H,1-3,10-12,15H2,(H,27,28,33). The van der Waals surface area contributed by atoms with Crippen molar-refractivity contribution in [2.24, 2.45) is 0 Å². The van der Waals surface area contributed by atoms with Crippen LogP contribution < -0.4 is 5.32 Å². The number of nitrogens with one attached hydrogen (secondary N) is 1. The number of hydrogen-bond acceptors (Lipinski definition) is 6. The van der Waals surface area contributed by atoms with Crippen molar-refractivity contribution in [3.63, 3.8) is 0 Å². The summed E-state index contributed by atoms with van der Waals surface area (Å²) in [6, 6.07) is 9.38. The number of nitrogens with zero attached hydrogens (tertiary/aromatic N) is 7. The Morgan fingerprint density at radius 3 is 2.88 bits per heavy atom. The minimum absolute atomic E-state index is 0.209. The fraction of sp³-hybridized carbons (Fsp3) is 0.348. The molecule has 5 rings (SSSR count). The van der Waals surface area contributed by atoms with Crippen LogP contribution in [-0.2, 0) is 19.5 Å². The molecule has 2 amide bonds. The predicted octanol–water partition coefficient (Wildman–Crippen LogP) is 4.28. The van der Waals surface area contributed by atoms with Gasteiger partial charge >= 0.3 is 6.03 Å². The van der Waals surface area contributed by atoms with Crippen LogP contribution in [0.25, 0.3) is 0 Å². The number of likely N-dealkylation sites (tertiary alicyclic amines) is 1. The number of imidazole rings is 1. The van der Waals surface area contributed by atoms with Gasteiger partial charge in [0.05, 0.1) is 6.33 Å². The number of benzene rings is 1. The van der Waals surface area contributed by atoms with Gasteiger partial charge in [0, 0.05) is 55.2 Å². The molecule has 1 atom stereocenters. The van der Waals surface area contributed by atoms with Crippen LogP contribution in [0.4, 0.5) is 10.6 Å². The fourth-order valence-corrected chi connectivity index (χ4v) is 4.36. The summed E-state index contributed by atoms with van der Waals surface area (Å²) in [6.07, 6.45) is 10.5. The molecular formula is C23H25BrN8O2. The first-order valence-electron chi connectivity index (χ1n) is 11.3. The van der Waals surface area contributed by atoms with Gasteiger partial charge < -0.3 is 14.0 Å². The van der Waals surface area contributed by atoms with Crippen molar-refractivity contribution in [1.29, 1.82) is 0 Å². The number of carbonyl (C=O) groups is 1. The van der Waals surface area contributed by atoms with Gasteiger partial charge in [-0.3, -0.25) is 10.00 Å². The maximum Gasteiger partial charge on any atom is 0.323 e. The van der Waals surface area contributed by atoms with Gasteiger partial charge in [0.1, 0.15) is 6.04 Å². The summed E-state index contributed by atoms with van der Waals surface area (Å²) in [5, 5.41) is 11.5. The molecule has 1 fully saturated rings. The maximum absolute atomic E-state index is 13.0. The molecule has 4 aromatic rings. The van der Waals surface area contributed by atoms with Gasteiger partial charge in [-0.25, -0.2) is 9.78 Å². The summed E-state index contributed by atoms with van der Waals surface area (Å²) < 4.78 is 10.4. The minimum atomic E-state index is -0.233. The molecule has 10 nitrogen and oxygen atoms in total. The van der Waals surface area contributed by atoms with E-state index in [0.29, 0.717) is 30.5 Å².